The van der Waals surface area contributed by atoms with Crippen LogP contribution in [0, 0.1) is 0 Å². The molecule has 1 saturated heterocycles. The highest BCUT2D eigenvalue weighted by molar-refractivity contribution is 8.00. The van der Waals surface area contributed by atoms with Crippen LogP contribution in [0.2, 0.25) is 4.34 Å². The zero-order chi connectivity index (χ0) is 25.3. The van der Waals surface area contributed by atoms with Gasteiger partial charge in [0.05, 0.1) is 0 Å². The Bertz CT molecular complexity index is 1250. The van der Waals surface area contributed by atoms with Crippen molar-refractivity contribution in [3.8, 4) is 0 Å². The van der Waals surface area contributed by atoms with Gasteiger partial charge in [-0.1, -0.05) is 28.1 Å². The summed E-state index contributed by atoms with van der Waals surface area (Å²) in [6, 6.07) is 2.74. The van der Waals surface area contributed by atoms with E-state index >= 15 is 0 Å². The van der Waals surface area contributed by atoms with Crippen LogP contribution in [0.3, 0.4) is 0 Å². The minimum absolute atomic E-state index is 0.0273. The topological polar surface area (TPSA) is 177 Å². The average Bonchev–Trinajstić information content (AvgIpc) is 3.18. The summed E-state index contributed by atoms with van der Waals surface area (Å²) in [4.78, 5) is 47.9. The van der Waals surface area contributed by atoms with Crippen molar-refractivity contribution in [1.29, 1.82) is 0 Å². The second-order valence-electron chi connectivity index (χ2n) is 7.50. The van der Waals surface area contributed by atoms with Crippen LogP contribution in [-0.4, -0.2) is 62.8 Å². The van der Waals surface area contributed by atoms with E-state index < -0.39 is 29.2 Å². The number of nitrogens with two attached hydrogens (primary N) is 2. The second kappa shape index (κ2) is 10.2. The Hall–Kier alpha value is -3.20. The van der Waals surface area contributed by atoms with Crippen molar-refractivity contribution in [1.82, 2.24) is 15.2 Å². The Morgan fingerprint density at radius 3 is 2.71 bits per heavy atom. The zero-order valence-electron chi connectivity index (χ0n) is 18.3. The number of hydrogen-bond acceptors (Lipinski definition) is 10. The zero-order valence-corrected chi connectivity index (χ0v) is 20.7. The number of nitrogens with zero attached hydrogens (tertiary/aromatic N) is 4. The molecule has 184 valence electrons. The number of aliphatic carboxylic acids is 1. The van der Waals surface area contributed by atoms with E-state index in [1.54, 1.807) is 12.4 Å². The van der Waals surface area contributed by atoms with E-state index in [0.29, 0.717) is 24.4 Å². The van der Waals surface area contributed by atoms with Gasteiger partial charge < -0.3 is 26.7 Å². The Labute approximate surface area is 212 Å². The number of oxime groups is 1. The lowest BCUT2D eigenvalue weighted by Crippen LogP contribution is -2.71. The molecule has 2 aromatic heterocycles. The van der Waals surface area contributed by atoms with E-state index in [2.05, 4.69) is 15.5 Å². The maximum absolute atomic E-state index is 13.0. The highest BCUT2D eigenvalue weighted by Gasteiger charge is 2.54. The molecule has 1 fully saturated rings. The number of carboxylic acids is 1. The molecule has 0 bridgehead atoms. The monoisotopic (exact) mass is 538 g/mol. The van der Waals surface area contributed by atoms with Gasteiger partial charge in [-0.05, 0) is 5.56 Å². The van der Waals surface area contributed by atoms with Crippen molar-refractivity contribution < 1.29 is 28.9 Å². The van der Waals surface area contributed by atoms with Gasteiger partial charge in [0.15, 0.2) is 29.8 Å². The molecule has 12 nitrogen and oxygen atoms in total. The fourth-order valence-electron chi connectivity index (χ4n) is 3.71. The van der Waals surface area contributed by atoms with Crippen molar-refractivity contribution >= 4 is 63.3 Å². The first-order chi connectivity index (χ1) is 16.7. The summed E-state index contributed by atoms with van der Waals surface area (Å²) < 4.78 is 1.96. The molecule has 35 heavy (non-hydrogen) atoms. The number of carbonyl (C=O) groups is 3. The smallest absolute Gasteiger partial charge is 0.352 e. The minimum Gasteiger partial charge on any atom is -0.477 e. The number of nitrogens with one attached hydrogen (secondary N) is 1. The number of rotatable bonds is 8. The second-order valence-corrected chi connectivity index (χ2v) is 10.2. The number of thiazole rings is 1. The standard InChI is InChI=1S/C20H20ClN7O5S2/c1-33-26-12(11-15(21)35-20(23)25-11)16(29)24-13-17(30)28-14(19(31)32)10(8-34-18(13)28)7-27-4-2-9(6-22)3-5-27/h2-5,13,18H,6-8,22H2,1H3,(H3-,23,24,25,29,31,32)/p+1/b26-12-/t13-,18+/m1/s1. The Kier molecular flexibility index (Phi) is 7.25. The van der Waals surface area contributed by atoms with E-state index in [0.717, 1.165) is 16.9 Å². The Morgan fingerprint density at radius 2 is 2.14 bits per heavy atom. The van der Waals surface area contributed by atoms with Gasteiger partial charge in [0, 0.05) is 30.0 Å². The molecule has 0 unspecified atom stereocenters. The largest absolute Gasteiger partial charge is 0.477 e. The highest BCUT2D eigenvalue weighted by atomic mass is 35.5. The Morgan fingerprint density at radius 1 is 1.43 bits per heavy atom. The third-order valence-electron chi connectivity index (χ3n) is 5.33. The van der Waals surface area contributed by atoms with E-state index in [1.807, 2.05) is 16.7 Å². The number of carboxylic acid groups (broad SMARTS) is 1. The van der Waals surface area contributed by atoms with E-state index in [-0.39, 0.29) is 26.6 Å². The normalized spacial score (nSPS) is 19.8. The number of nitrogen functional groups attached to an aromatic ring is 1. The number of aromatic nitrogens is 2. The molecule has 2 atom stereocenters. The van der Waals surface area contributed by atoms with Crippen molar-refractivity contribution in [2.24, 2.45) is 10.9 Å². The molecule has 2 aliphatic rings. The number of thioether (sulfide) groups is 1. The first kappa shape index (κ1) is 24.9. The molecule has 4 rings (SSSR count). The fraction of sp³-hybridized carbons (Fsp3) is 0.300. The van der Waals surface area contributed by atoms with Gasteiger partial charge in [-0.3, -0.25) is 14.5 Å². The number of hydrogen-bond donors (Lipinski definition) is 4. The number of anilines is 1. The number of carbonyl (C=O) groups excluding carboxylic acids is 2. The maximum Gasteiger partial charge on any atom is 0.352 e. The molecule has 2 aliphatic heterocycles. The number of pyridine rings is 1. The molecule has 0 spiro atoms. The summed E-state index contributed by atoms with van der Waals surface area (Å²) in [5.41, 5.74) is 12.5. The van der Waals surface area contributed by atoms with Gasteiger partial charge in [0.25, 0.3) is 11.8 Å². The number of fused-ring (bicyclic) bond motifs is 1. The average molecular weight is 539 g/mol. The summed E-state index contributed by atoms with van der Waals surface area (Å²) in [6.07, 6.45) is 3.61. The van der Waals surface area contributed by atoms with Crippen LogP contribution in [0.25, 0.3) is 0 Å². The summed E-state index contributed by atoms with van der Waals surface area (Å²) in [7, 11) is 1.25. The van der Waals surface area contributed by atoms with Gasteiger partial charge in [0.1, 0.15) is 34.3 Å². The van der Waals surface area contributed by atoms with Crippen LogP contribution in [-0.2, 0) is 32.3 Å². The van der Waals surface area contributed by atoms with E-state index in [4.69, 9.17) is 27.9 Å². The van der Waals surface area contributed by atoms with Crippen molar-refractivity contribution in [2.45, 2.75) is 24.5 Å². The molecule has 4 heterocycles. The summed E-state index contributed by atoms with van der Waals surface area (Å²) in [5, 5.41) is 15.7. The van der Waals surface area contributed by atoms with Gasteiger partial charge in [-0.2, -0.15) is 0 Å². The highest BCUT2D eigenvalue weighted by Crippen LogP contribution is 2.40. The van der Waals surface area contributed by atoms with E-state index in [9.17, 15) is 19.5 Å². The molecule has 0 saturated carbocycles. The first-order valence-electron chi connectivity index (χ1n) is 10.2. The molecule has 0 aromatic carbocycles. The molecule has 2 amide bonds. The number of amides is 2. The number of halogens is 1. The van der Waals surface area contributed by atoms with Crippen LogP contribution in [0.5, 0.6) is 0 Å². The maximum atomic E-state index is 13.0. The van der Waals surface area contributed by atoms with Crippen molar-refractivity contribution in [2.75, 3.05) is 18.6 Å². The van der Waals surface area contributed by atoms with Crippen molar-refractivity contribution in [3.63, 3.8) is 0 Å². The molecular formula is C20H21ClN7O5S2+. The van der Waals surface area contributed by atoms with Gasteiger partial charge in [-0.25, -0.2) is 14.3 Å². The summed E-state index contributed by atoms with van der Waals surface area (Å²) in [6.45, 7) is 0.692. The van der Waals surface area contributed by atoms with Crippen LogP contribution in [0.15, 0.2) is 41.0 Å². The molecular weight excluding hydrogens is 518 g/mol. The van der Waals surface area contributed by atoms with Crippen LogP contribution >= 0.6 is 34.7 Å². The van der Waals surface area contributed by atoms with Gasteiger partial charge >= 0.3 is 5.97 Å². The van der Waals surface area contributed by atoms with Gasteiger partial charge in [0.2, 0.25) is 0 Å². The van der Waals surface area contributed by atoms with E-state index in [1.165, 1.54) is 23.8 Å². The molecule has 2 aromatic rings. The predicted octanol–water partition coefficient (Wildman–Crippen LogP) is -0.0858. The molecule has 6 N–H and O–H groups in total. The molecule has 0 radical (unpaired) electrons. The third-order valence-corrected chi connectivity index (χ3v) is 7.75. The molecule has 0 aliphatic carbocycles. The lowest BCUT2D eigenvalue weighted by Gasteiger charge is -2.49. The first-order valence-corrected chi connectivity index (χ1v) is 12.4. The SMILES string of the molecule is CO/N=C(\C(=O)N[C@@H]1C(=O)N2C(C(=O)O)=C(C[n+]3ccc(CN)cc3)CS[C@@H]12)c1nc(N)sc1Cl. The minimum atomic E-state index is -1.21. The lowest BCUT2D eigenvalue weighted by molar-refractivity contribution is -0.689. The fourth-order valence-corrected chi connectivity index (χ4v) is 5.97. The van der Waals surface area contributed by atoms with Crippen LogP contribution in [0.1, 0.15) is 11.3 Å². The number of β-lactam (4-membered cyclic amide) rings is 1. The van der Waals surface area contributed by atoms with Gasteiger partial charge in [-0.15, -0.1) is 11.8 Å². The lowest BCUT2D eigenvalue weighted by atomic mass is 10.0. The van der Waals surface area contributed by atoms with Crippen LogP contribution in [0.4, 0.5) is 5.13 Å². The van der Waals surface area contributed by atoms with Crippen molar-refractivity contribution in [3.05, 3.63) is 51.4 Å². The Balaban J connectivity index is 1.53. The summed E-state index contributed by atoms with van der Waals surface area (Å²) in [5.74, 6) is -2.15. The van der Waals surface area contributed by atoms with Crippen LogP contribution < -0.4 is 21.4 Å². The third kappa shape index (κ3) is 4.82. The molecule has 15 heteroatoms. The summed E-state index contributed by atoms with van der Waals surface area (Å²) >= 11 is 8.42. The predicted molar refractivity (Wildman–Crippen MR) is 129 cm³/mol. The quantitative estimate of drug-likeness (QED) is 0.155.